The van der Waals surface area contributed by atoms with Crippen LogP contribution in [-0.4, -0.2) is 117 Å². The number of aliphatic hydroxyl groups excluding tert-OH is 2. The van der Waals surface area contributed by atoms with E-state index in [0.717, 1.165) is 56.3 Å². The van der Waals surface area contributed by atoms with E-state index in [-0.39, 0.29) is 62.2 Å². The molecule has 0 aromatic carbocycles. The molecule has 0 aliphatic carbocycles. The predicted octanol–water partition coefficient (Wildman–Crippen LogP) is 2.76. The molecule has 9 N–H and O–H groups in total. The minimum Gasteiger partial charge on any atom is -0.394 e. The maximum absolute atomic E-state index is 11.0. The summed E-state index contributed by atoms with van der Waals surface area (Å²) >= 11 is 5.54. The Morgan fingerprint density at radius 1 is 0.692 bits per heavy atom. The van der Waals surface area contributed by atoms with Crippen LogP contribution >= 0.6 is 69.1 Å². The van der Waals surface area contributed by atoms with Crippen LogP contribution in [0.3, 0.4) is 0 Å². The lowest BCUT2D eigenvalue weighted by molar-refractivity contribution is -0.150. The Labute approximate surface area is 402 Å². The number of aromatic nitrogens is 5. The molecular formula is C33H51ClN8O15S8. The number of thiazole rings is 5. The zero-order chi connectivity index (χ0) is 47.9. The molecule has 2 aliphatic rings. The molecule has 23 nitrogen and oxygen atoms in total. The van der Waals surface area contributed by atoms with Gasteiger partial charge in [0, 0.05) is 31.6 Å². The van der Waals surface area contributed by atoms with Gasteiger partial charge >= 0.3 is 0 Å². The molecular weight excluding hydrogens is 1040 g/mol. The van der Waals surface area contributed by atoms with Gasteiger partial charge in [-0.25, -0.2) is 60.6 Å². The van der Waals surface area contributed by atoms with E-state index in [4.69, 9.17) is 44.6 Å². The normalized spacial score (nSPS) is 14.9. The molecule has 65 heavy (non-hydrogen) atoms. The summed E-state index contributed by atoms with van der Waals surface area (Å²) in [7, 11) is -11.1. The summed E-state index contributed by atoms with van der Waals surface area (Å²) in [4.78, 5) is 41.1. The van der Waals surface area contributed by atoms with Gasteiger partial charge in [-0.2, -0.15) is 0 Å². The van der Waals surface area contributed by atoms with Crippen molar-refractivity contribution in [2.75, 3.05) is 39.6 Å². The SMILES string of the molecule is C.CC(=O)c1cncs1.CC(=O)c1ncc(S(N)(=O)=O)s1.CC(C)(O)c1ncc(S(N)(=O)=O)s1.CC1(c2ncc(S(N)(=O)=O)s2)OCCO1.CC1(c2nccs2)OCCO1.Cl.OCCO. The maximum Gasteiger partial charge on any atom is 0.249 e. The second kappa shape index (κ2) is 27.3. The van der Waals surface area contributed by atoms with Gasteiger partial charge in [0.25, 0.3) is 0 Å². The number of carbonyl (C=O) groups excluding carboxylic acids is 2. The van der Waals surface area contributed by atoms with Crippen LogP contribution in [0.2, 0.25) is 0 Å². The number of nitrogens with two attached hydrogens (primary N) is 3. The van der Waals surface area contributed by atoms with Crippen molar-refractivity contribution in [3.8, 4) is 0 Å². The lowest BCUT2D eigenvalue weighted by Gasteiger charge is -2.18. The predicted molar refractivity (Wildman–Crippen MR) is 247 cm³/mol. The zero-order valence-electron chi connectivity index (χ0n) is 34.7. The number of halogens is 1. The number of ether oxygens (including phenoxy) is 4. The van der Waals surface area contributed by atoms with Crippen molar-refractivity contribution in [1.82, 2.24) is 24.9 Å². The number of rotatable bonds is 9. The Hall–Kier alpha value is -2.77. The molecule has 0 saturated carbocycles. The average molecular weight is 1090 g/mol. The van der Waals surface area contributed by atoms with E-state index < -0.39 is 47.2 Å². The molecule has 0 bridgehead atoms. The van der Waals surface area contributed by atoms with E-state index in [1.54, 1.807) is 36.2 Å². The van der Waals surface area contributed by atoms with Crippen LogP contribution < -0.4 is 15.4 Å². The lowest BCUT2D eigenvalue weighted by atomic mass is 10.2. The third-order valence-electron chi connectivity index (χ3n) is 6.88. The van der Waals surface area contributed by atoms with E-state index >= 15 is 0 Å². The highest BCUT2D eigenvalue weighted by Crippen LogP contribution is 2.35. The third kappa shape index (κ3) is 21.0. The number of hydrogen-bond acceptors (Lipinski definition) is 25. The van der Waals surface area contributed by atoms with E-state index in [2.05, 4.69) is 24.9 Å². The van der Waals surface area contributed by atoms with Crippen LogP contribution in [0.4, 0.5) is 0 Å². The first kappa shape index (κ1) is 62.2. The topological polar surface area (TPSA) is 377 Å². The summed E-state index contributed by atoms with van der Waals surface area (Å²) in [5, 5.41) is 43.1. The zero-order valence-corrected chi connectivity index (χ0v) is 42.0. The van der Waals surface area contributed by atoms with Gasteiger partial charge in [0.05, 0.1) is 68.6 Å². The summed E-state index contributed by atoms with van der Waals surface area (Å²) in [5.74, 6) is -1.69. The highest BCUT2D eigenvalue weighted by atomic mass is 35.5. The fraction of sp³-hybridized carbons (Fsp3) is 0.485. The average Bonchev–Trinajstić information content (AvgIpc) is 4.03. The number of Topliss-reactive ketones (excluding diaryl/α,β-unsaturated/α-hetero) is 2. The van der Waals surface area contributed by atoms with Crippen LogP contribution in [0.15, 0.2) is 54.5 Å². The van der Waals surface area contributed by atoms with Crippen molar-refractivity contribution in [3.05, 3.63) is 66.8 Å². The Kier molecular flexibility index (Phi) is 26.1. The molecule has 2 aliphatic heterocycles. The molecule has 368 valence electrons. The summed E-state index contributed by atoms with van der Waals surface area (Å²) < 4.78 is 86.5. The van der Waals surface area contributed by atoms with Gasteiger partial charge in [0.2, 0.25) is 41.6 Å². The van der Waals surface area contributed by atoms with Crippen molar-refractivity contribution in [2.24, 2.45) is 15.4 Å². The lowest BCUT2D eigenvalue weighted by Crippen LogP contribution is -2.21. The van der Waals surface area contributed by atoms with Crippen LogP contribution in [-0.2, 0) is 66.2 Å². The number of primary sulfonamides is 3. The second-order valence-electron chi connectivity index (χ2n) is 12.7. The van der Waals surface area contributed by atoms with Crippen molar-refractivity contribution in [3.63, 3.8) is 0 Å². The van der Waals surface area contributed by atoms with Crippen LogP contribution in [0.5, 0.6) is 0 Å². The molecule has 5 aromatic rings. The molecule has 0 radical (unpaired) electrons. The minimum absolute atomic E-state index is 0. The molecule has 0 atom stereocenters. The number of ketones is 2. The maximum atomic E-state index is 11.0. The summed E-state index contributed by atoms with van der Waals surface area (Å²) in [6, 6.07) is 0. The van der Waals surface area contributed by atoms with Crippen molar-refractivity contribution >= 4 is 111 Å². The number of hydrogen-bond donors (Lipinski definition) is 6. The molecule has 0 spiro atoms. The van der Waals surface area contributed by atoms with Gasteiger partial charge < -0.3 is 34.3 Å². The summed E-state index contributed by atoms with van der Waals surface area (Å²) in [6.07, 6.45) is 6.78. The van der Waals surface area contributed by atoms with Gasteiger partial charge in [-0.05, 0) is 27.7 Å². The van der Waals surface area contributed by atoms with Gasteiger partial charge in [-0.1, -0.05) is 18.8 Å². The van der Waals surface area contributed by atoms with E-state index in [1.807, 2.05) is 12.3 Å². The second-order valence-corrected chi connectivity index (χ2v) is 22.9. The molecule has 0 amide bonds. The van der Waals surface area contributed by atoms with Crippen LogP contribution in [0, 0.1) is 0 Å². The van der Waals surface area contributed by atoms with Gasteiger partial charge in [-0.15, -0.1) is 57.8 Å². The quantitative estimate of drug-likeness (QED) is 0.116. The number of sulfonamides is 3. The first-order chi connectivity index (χ1) is 29.1. The number of nitrogens with zero attached hydrogens (tertiary/aromatic N) is 5. The number of carbonyl (C=O) groups is 2. The monoisotopic (exact) mass is 1090 g/mol. The van der Waals surface area contributed by atoms with E-state index in [9.17, 15) is 39.9 Å². The van der Waals surface area contributed by atoms with Crippen molar-refractivity contribution in [2.45, 2.75) is 78.8 Å². The highest BCUT2D eigenvalue weighted by Gasteiger charge is 2.37. The summed E-state index contributed by atoms with van der Waals surface area (Å²) in [6.45, 7) is 11.5. The molecule has 32 heteroatoms. The largest absolute Gasteiger partial charge is 0.394 e. The van der Waals surface area contributed by atoms with Crippen molar-refractivity contribution in [1.29, 1.82) is 0 Å². The fourth-order valence-corrected chi connectivity index (χ4v) is 9.77. The smallest absolute Gasteiger partial charge is 0.249 e. The Bertz CT molecular complexity index is 2510. The highest BCUT2D eigenvalue weighted by molar-refractivity contribution is 7.91. The molecule has 2 fully saturated rings. The molecule has 7 heterocycles. The fourth-order valence-electron chi connectivity index (χ4n) is 3.94. The Balaban J connectivity index is 0.000000773. The standard InChI is InChI=1S/C7H10N2O4S2.C7H9NO2S.C6H10N2O3S2.C5H6N2O3S2.C5H5NOS.C2H6O2.CH4.ClH/c1-7(12-2-3-13-7)6-9-4-5(14-6)15(8,10)11;1-7(9-3-4-10-7)6-8-2-5-11-6;1-6(2,9)5-8-3-4(12-5)13(7,10)11;1-3(8)5-7-2-4(11-5)12(6,9)10;1-4(7)5-2-6-3-8-5;3-1-2-4;;/h4H,2-3H2,1H3,(H2,8,10,11);2,5H,3-4H2,1H3;3,9H,1-2H3,(H2,7,10,11);2H,1H3,(H2,6,9,10);2-3H,1H3;3-4H,1-2H2;1H4;1H. The third-order valence-corrected chi connectivity index (χ3v) is 16.5. The molecule has 0 unspecified atom stereocenters. The van der Waals surface area contributed by atoms with E-state index in [1.165, 1.54) is 45.2 Å². The first-order valence-electron chi connectivity index (χ1n) is 17.3. The Morgan fingerprint density at radius 2 is 1.14 bits per heavy atom. The van der Waals surface area contributed by atoms with E-state index in [0.29, 0.717) is 36.4 Å². The molecule has 5 aromatic heterocycles. The van der Waals surface area contributed by atoms with Gasteiger partial charge in [0.1, 0.15) is 10.6 Å². The summed E-state index contributed by atoms with van der Waals surface area (Å²) in [5.41, 5.74) is 0.518. The van der Waals surface area contributed by atoms with Gasteiger partial charge in [0.15, 0.2) is 39.2 Å². The molecule has 2 saturated heterocycles. The number of aliphatic hydroxyl groups is 3. The van der Waals surface area contributed by atoms with Crippen LogP contribution in [0.25, 0.3) is 0 Å². The Morgan fingerprint density at radius 3 is 1.43 bits per heavy atom. The minimum atomic E-state index is -3.71. The van der Waals surface area contributed by atoms with Gasteiger partial charge in [-0.3, -0.25) is 14.6 Å². The first-order valence-corrected chi connectivity index (χ1v) is 26.2. The molecule has 7 rings (SSSR count). The van der Waals surface area contributed by atoms with Crippen molar-refractivity contribution < 1.29 is 69.1 Å². The van der Waals surface area contributed by atoms with Crippen LogP contribution in [0.1, 0.15) is 83.5 Å².